The fourth-order valence-electron chi connectivity index (χ4n) is 1.43. The molecule has 0 unspecified atom stereocenters. The number of halogens is 6. The fraction of sp³-hybridized carbons (Fsp3) is 0.250. The van der Waals surface area contributed by atoms with Gasteiger partial charge in [-0.25, -0.2) is 4.99 Å². The molecule has 24 heavy (non-hydrogen) atoms. The number of nitrogens with zero attached hydrogens (tertiary/aromatic N) is 2. The van der Waals surface area contributed by atoms with Gasteiger partial charge in [0.15, 0.2) is 11.4 Å². The zero-order valence-corrected chi connectivity index (χ0v) is 12.4. The van der Waals surface area contributed by atoms with E-state index in [1.807, 2.05) is 0 Å². The number of ketones is 1. The summed E-state index contributed by atoms with van der Waals surface area (Å²) in [6.45, 7) is 0. The topological polar surface area (TPSA) is 74.5 Å². The zero-order valence-electron chi connectivity index (χ0n) is 11.6. The van der Waals surface area contributed by atoms with Crippen LogP contribution in [-0.2, 0) is 0 Å². The van der Waals surface area contributed by atoms with Gasteiger partial charge in [-0.2, -0.15) is 18.4 Å². The van der Waals surface area contributed by atoms with Gasteiger partial charge in [0, 0.05) is 0 Å². The number of alkyl halides is 6. The molecule has 130 valence electrons. The lowest BCUT2D eigenvalue weighted by atomic mass is 10.1. The van der Waals surface area contributed by atoms with Gasteiger partial charge in [-0.05, 0) is 24.5 Å². The highest BCUT2D eigenvalue weighted by molar-refractivity contribution is 8.13. The molecule has 1 aromatic rings. The number of carbonyl (C=O) groups is 1. The molecule has 1 aromatic carbocycles. The van der Waals surface area contributed by atoms with Crippen molar-refractivity contribution in [3.63, 3.8) is 0 Å². The normalized spacial score (nSPS) is 12.5. The molecule has 0 heterocycles. The number of amidine groups is 1. The summed E-state index contributed by atoms with van der Waals surface area (Å²) in [6.07, 6.45) is -7.55. The number of hydrogen-bond donors (Lipinski definition) is 1. The number of hydrogen-bond acceptors (Lipinski definition) is 5. The van der Waals surface area contributed by atoms with Crippen molar-refractivity contribution in [3.05, 3.63) is 23.8 Å². The average Bonchev–Trinajstić information content (AvgIpc) is 2.44. The summed E-state index contributed by atoms with van der Waals surface area (Å²) in [6, 6.07) is 1.73. The smallest absolute Gasteiger partial charge is 0.406 e. The Morgan fingerprint density at radius 1 is 1.29 bits per heavy atom. The van der Waals surface area contributed by atoms with Gasteiger partial charge < -0.3 is 4.74 Å². The van der Waals surface area contributed by atoms with E-state index < -0.39 is 35.3 Å². The Morgan fingerprint density at radius 3 is 2.38 bits per heavy atom. The van der Waals surface area contributed by atoms with Crippen LogP contribution in [0.5, 0.6) is 5.75 Å². The number of rotatable bonds is 3. The second kappa shape index (κ2) is 7.43. The van der Waals surface area contributed by atoms with Gasteiger partial charge in [-0.15, -0.1) is 13.2 Å². The Balaban J connectivity index is 3.43. The maximum absolute atomic E-state index is 12.6. The molecule has 0 saturated carbocycles. The summed E-state index contributed by atoms with van der Waals surface area (Å²) in [5.41, 5.74) is -1.71. The summed E-state index contributed by atoms with van der Waals surface area (Å²) in [7, 11) is 0. The van der Waals surface area contributed by atoms with E-state index >= 15 is 0 Å². The number of carbonyl (C=O) groups excluding carboxylic acids is 1. The Hall–Kier alpha value is -2.42. The number of thioether (sulfide) groups is 1. The molecule has 1 rings (SSSR count). The first kappa shape index (κ1) is 19.6. The Morgan fingerprint density at radius 2 is 1.92 bits per heavy atom. The molecule has 0 aliphatic heterocycles. The number of benzene rings is 1. The third-order valence-corrected chi connectivity index (χ3v) is 2.86. The number of Topliss-reactive ketones (excluding diaryl/α,β-unsaturated/α-hetero) is 1. The fourth-order valence-corrected chi connectivity index (χ4v) is 1.76. The monoisotopic (exact) mass is 371 g/mol. The van der Waals surface area contributed by atoms with Gasteiger partial charge >= 0.3 is 12.5 Å². The molecule has 12 heteroatoms. The molecule has 1 N–H and O–H groups in total. The number of ether oxygens (including phenoxy) is 1. The quantitative estimate of drug-likeness (QED) is 0.219. The van der Waals surface area contributed by atoms with Crippen LogP contribution < -0.4 is 10.1 Å². The molecule has 0 spiro atoms. The van der Waals surface area contributed by atoms with Crippen LogP contribution in [-0.4, -0.2) is 29.7 Å². The molecule has 0 aliphatic rings. The SMILES string of the molecule is CSC(=Nc1ccc(OC(F)(F)F)cc1C(=O)C(F)(F)F)NC#N. The first-order valence-electron chi connectivity index (χ1n) is 5.77. The molecule has 0 aromatic heterocycles. The number of aliphatic imine (C=N–C) groups is 1. The van der Waals surface area contributed by atoms with Gasteiger partial charge in [-0.1, -0.05) is 11.8 Å². The van der Waals surface area contributed by atoms with Crippen LogP contribution in [0.1, 0.15) is 10.4 Å². The number of nitriles is 1. The van der Waals surface area contributed by atoms with Crippen molar-refractivity contribution in [2.75, 3.05) is 6.26 Å². The lowest BCUT2D eigenvalue weighted by molar-refractivity contribution is -0.274. The van der Waals surface area contributed by atoms with Crippen molar-refractivity contribution < 1.29 is 35.9 Å². The van der Waals surface area contributed by atoms with Crippen molar-refractivity contribution in [3.8, 4) is 11.9 Å². The molecule has 5 nitrogen and oxygen atoms in total. The molecular weight excluding hydrogens is 364 g/mol. The van der Waals surface area contributed by atoms with Gasteiger partial charge in [0.2, 0.25) is 0 Å². The van der Waals surface area contributed by atoms with E-state index in [9.17, 15) is 31.1 Å². The van der Waals surface area contributed by atoms with Crippen LogP contribution >= 0.6 is 11.8 Å². The van der Waals surface area contributed by atoms with E-state index in [0.29, 0.717) is 6.07 Å². The maximum Gasteiger partial charge on any atom is 0.573 e. The molecule has 0 radical (unpaired) electrons. The molecular formula is C12H7F6N3O2S. The molecule has 0 aliphatic carbocycles. The third kappa shape index (κ3) is 5.65. The Labute approximate surface area is 135 Å². The van der Waals surface area contributed by atoms with Gasteiger partial charge in [0.1, 0.15) is 5.75 Å². The van der Waals surface area contributed by atoms with Gasteiger partial charge in [-0.3, -0.25) is 10.1 Å². The summed E-state index contributed by atoms with van der Waals surface area (Å²) >= 11 is 0.844. The second-order valence-corrected chi connectivity index (χ2v) is 4.71. The Kier molecular flexibility index (Phi) is 6.08. The van der Waals surface area contributed by atoms with Gasteiger partial charge in [0.25, 0.3) is 5.78 Å². The molecule has 0 saturated heterocycles. The highest BCUT2D eigenvalue weighted by Crippen LogP contribution is 2.33. The largest absolute Gasteiger partial charge is 0.573 e. The van der Waals surface area contributed by atoms with E-state index in [1.165, 1.54) is 12.4 Å². The standard InChI is InChI=1S/C12H7F6N3O2S/c1-24-10(20-5-19)21-8-3-2-6(23-12(16,17)18)4-7(8)9(22)11(13,14)15/h2-4H,1H3,(H,20,21). The van der Waals surface area contributed by atoms with Crippen LogP contribution in [0, 0.1) is 11.5 Å². The van der Waals surface area contributed by atoms with E-state index in [2.05, 4.69) is 15.0 Å². The number of nitrogens with one attached hydrogen (secondary N) is 1. The molecule has 0 fully saturated rings. The van der Waals surface area contributed by atoms with Crippen molar-refractivity contribution >= 4 is 28.4 Å². The van der Waals surface area contributed by atoms with Crippen molar-refractivity contribution in [2.24, 2.45) is 4.99 Å². The van der Waals surface area contributed by atoms with E-state index in [-0.39, 0.29) is 11.2 Å². The van der Waals surface area contributed by atoms with E-state index in [4.69, 9.17) is 5.26 Å². The van der Waals surface area contributed by atoms with Crippen LogP contribution in [0.15, 0.2) is 23.2 Å². The summed E-state index contributed by atoms with van der Waals surface area (Å²) in [5, 5.41) is 10.4. The first-order valence-corrected chi connectivity index (χ1v) is 6.99. The van der Waals surface area contributed by atoms with Crippen molar-refractivity contribution in [1.82, 2.24) is 5.32 Å². The molecule has 0 bridgehead atoms. The molecule has 0 atom stereocenters. The highest BCUT2D eigenvalue weighted by atomic mass is 32.2. The lowest BCUT2D eigenvalue weighted by Gasteiger charge is -2.13. The third-order valence-electron chi connectivity index (χ3n) is 2.28. The predicted molar refractivity (Wildman–Crippen MR) is 72.9 cm³/mol. The van der Waals surface area contributed by atoms with Crippen molar-refractivity contribution in [1.29, 1.82) is 5.26 Å². The van der Waals surface area contributed by atoms with E-state index in [1.54, 1.807) is 0 Å². The Bertz CT molecular complexity index is 694. The minimum atomic E-state index is -5.33. The van der Waals surface area contributed by atoms with Crippen LogP contribution in [0.3, 0.4) is 0 Å². The van der Waals surface area contributed by atoms with Crippen molar-refractivity contribution in [2.45, 2.75) is 12.5 Å². The minimum absolute atomic E-state index is 0.154. The van der Waals surface area contributed by atoms with Crippen LogP contribution in [0.25, 0.3) is 0 Å². The zero-order chi connectivity index (χ0) is 18.5. The van der Waals surface area contributed by atoms with Gasteiger partial charge in [0.05, 0.1) is 11.3 Å². The van der Waals surface area contributed by atoms with Crippen LogP contribution in [0.4, 0.5) is 32.0 Å². The van der Waals surface area contributed by atoms with Crippen LogP contribution in [0.2, 0.25) is 0 Å². The highest BCUT2D eigenvalue weighted by Gasteiger charge is 2.41. The van der Waals surface area contributed by atoms with E-state index in [0.717, 1.165) is 17.8 Å². The minimum Gasteiger partial charge on any atom is -0.406 e. The second-order valence-electron chi connectivity index (χ2n) is 3.91. The predicted octanol–water partition coefficient (Wildman–Crippen LogP) is 3.75. The lowest BCUT2D eigenvalue weighted by Crippen LogP contribution is -2.23. The average molecular weight is 371 g/mol. The maximum atomic E-state index is 12.6. The molecule has 0 amide bonds. The first-order chi connectivity index (χ1) is 11.0. The summed E-state index contributed by atoms with van der Waals surface area (Å²) < 4.78 is 77.9. The summed E-state index contributed by atoms with van der Waals surface area (Å²) in [5.74, 6) is -3.40. The summed E-state index contributed by atoms with van der Waals surface area (Å²) in [4.78, 5) is 15.0.